The van der Waals surface area contributed by atoms with Gasteiger partial charge in [-0.2, -0.15) is 13.2 Å². The maximum atomic E-state index is 12.6. The predicted octanol–water partition coefficient (Wildman–Crippen LogP) is 3.57. The Morgan fingerprint density at radius 1 is 1.07 bits per heavy atom. The minimum absolute atomic E-state index is 0.381. The molecule has 0 spiro atoms. The fraction of sp³-hybridized carbons (Fsp3) is 0.389. The largest absolute Gasteiger partial charge is 0.433 e. The molecule has 2 unspecified atom stereocenters. The molecule has 0 aromatic carbocycles. The molecule has 2 bridgehead atoms. The minimum Gasteiger partial charge on any atom is -0.347 e. The van der Waals surface area contributed by atoms with Crippen molar-refractivity contribution in [2.24, 2.45) is 0 Å². The van der Waals surface area contributed by atoms with E-state index in [2.05, 4.69) is 24.8 Å². The number of hydrogen-bond donors (Lipinski definition) is 0. The number of piperazine rings is 1. The second kappa shape index (κ2) is 6.13. The smallest absolute Gasteiger partial charge is 0.347 e. The number of halogens is 3. The van der Waals surface area contributed by atoms with Crippen LogP contribution in [0.15, 0.2) is 36.1 Å². The normalized spacial score (nSPS) is 22.9. The lowest BCUT2D eigenvalue weighted by Crippen LogP contribution is -2.69. The highest BCUT2D eigenvalue weighted by Gasteiger charge is 2.45. The van der Waals surface area contributed by atoms with Crippen LogP contribution < -0.4 is 4.90 Å². The number of piperidine rings is 1. The van der Waals surface area contributed by atoms with Gasteiger partial charge in [-0.25, -0.2) is 9.97 Å². The molecule has 3 aromatic rings. The maximum absolute atomic E-state index is 12.6. The van der Waals surface area contributed by atoms with Gasteiger partial charge in [0.2, 0.25) is 0 Å². The Bertz CT molecular complexity index is 959. The van der Waals surface area contributed by atoms with Gasteiger partial charge in [0.25, 0.3) is 0 Å². The second-order valence-electron chi connectivity index (χ2n) is 7.03. The Kier molecular flexibility index (Phi) is 3.83. The lowest BCUT2D eigenvalue weighted by atomic mass is 9.87. The molecule has 0 saturated carbocycles. The van der Waals surface area contributed by atoms with E-state index in [1.165, 1.54) is 12.3 Å². The van der Waals surface area contributed by atoms with Crippen molar-refractivity contribution in [2.45, 2.75) is 31.2 Å². The monoisotopic (exact) mass is 391 g/mol. The summed E-state index contributed by atoms with van der Waals surface area (Å²) in [5, 5.41) is 2.03. The first kappa shape index (κ1) is 16.9. The summed E-state index contributed by atoms with van der Waals surface area (Å²) in [4.78, 5) is 17.0. The predicted molar refractivity (Wildman–Crippen MR) is 96.6 cm³/mol. The van der Waals surface area contributed by atoms with Gasteiger partial charge in [0.05, 0.1) is 10.2 Å². The maximum Gasteiger partial charge on any atom is 0.433 e. The van der Waals surface area contributed by atoms with Gasteiger partial charge in [-0.15, -0.1) is 11.3 Å². The molecule has 6 heterocycles. The van der Waals surface area contributed by atoms with Gasteiger partial charge < -0.3 is 4.90 Å². The van der Waals surface area contributed by atoms with Gasteiger partial charge in [0.15, 0.2) is 5.82 Å². The van der Waals surface area contributed by atoms with E-state index in [4.69, 9.17) is 0 Å². The number of aromatic nitrogens is 3. The fourth-order valence-electron chi connectivity index (χ4n) is 4.08. The van der Waals surface area contributed by atoms with Crippen molar-refractivity contribution in [1.29, 1.82) is 0 Å². The molecule has 3 fully saturated rings. The van der Waals surface area contributed by atoms with Gasteiger partial charge in [-0.3, -0.25) is 9.88 Å². The molecule has 0 N–H and O–H groups in total. The summed E-state index contributed by atoms with van der Waals surface area (Å²) in [5.41, 5.74) is 0.934. The molecule has 3 aromatic heterocycles. The molecule has 3 aliphatic heterocycles. The molecule has 0 aliphatic carbocycles. The van der Waals surface area contributed by atoms with Crippen LogP contribution in [0.25, 0.3) is 10.2 Å². The van der Waals surface area contributed by atoms with Crippen LogP contribution in [-0.2, 0) is 12.7 Å². The molecule has 0 radical (unpaired) electrons. The van der Waals surface area contributed by atoms with E-state index < -0.39 is 11.9 Å². The first-order valence-corrected chi connectivity index (χ1v) is 9.58. The number of nitrogens with zero attached hydrogens (tertiary/aromatic N) is 5. The fourth-order valence-corrected chi connectivity index (χ4v) is 4.91. The quantitative estimate of drug-likeness (QED) is 0.683. The van der Waals surface area contributed by atoms with Gasteiger partial charge in [0, 0.05) is 37.9 Å². The van der Waals surface area contributed by atoms with Crippen LogP contribution >= 0.6 is 11.3 Å². The van der Waals surface area contributed by atoms with Crippen molar-refractivity contribution < 1.29 is 13.2 Å². The highest BCUT2D eigenvalue weighted by Crippen LogP contribution is 2.40. The average Bonchev–Trinajstić information content (AvgIpc) is 3.11. The number of alkyl halides is 3. The van der Waals surface area contributed by atoms with E-state index >= 15 is 0 Å². The van der Waals surface area contributed by atoms with Crippen molar-refractivity contribution in [3.05, 3.63) is 47.4 Å². The lowest BCUT2D eigenvalue weighted by Gasteiger charge is -2.57. The lowest BCUT2D eigenvalue weighted by molar-refractivity contribution is -0.141. The van der Waals surface area contributed by atoms with E-state index in [1.807, 2.05) is 11.4 Å². The van der Waals surface area contributed by atoms with Crippen LogP contribution in [0.5, 0.6) is 0 Å². The van der Waals surface area contributed by atoms with E-state index in [9.17, 15) is 13.2 Å². The zero-order chi connectivity index (χ0) is 18.6. The zero-order valence-corrected chi connectivity index (χ0v) is 15.0. The number of rotatable bonds is 3. The Morgan fingerprint density at radius 3 is 2.59 bits per heavy atom. The molecule has 2 atom stereocenters. The van der Waals surface area contributed by atoms with Gasteiger partial charge >= 0.3 is 6.18 Å². The number of thiophene rings is 1. The number of fused-ring (bicyclic) bond motifs is 3. The van der Waals surface area contributed by atoms with Gasteiger partial charge in [-0.1, -0.05) is 6.07 Å². The van der Waals surface area contributed by atoms with Crippen LogP contribution in [0.3, 0.4) is 0 Å². The molecule has 27 heavy (non-hydrogen) atoms. The average molecular weight is 391 g/mol. The third-order valence-electron chi connectivity index (χ3n) is 5.26. The standard InChI is InChI=1S/C18H16F3N5S/c19-18(20,21)15-2-1-11(6-22-15)7-25-8-12-5-13(9-25)26(12)17-16-14(3-4-27-16)23-10-24-17/h1-4,6,10,12-13H,5,7-9H2. The molecule has 140 valence electrons. The third kappa shape index (κ3) is 2.94. The van der Waals surface area contributed by atoms with Gasteiger partial charge in [-0.05, 0) is 29.5 Å². The minimum atomic E-state index is -4.39. The summed E-state index contributed by atoms with van der Waals surface area (Å²) in [5.74, 6) is 1.01. The summed E-state index contributed by atoms with van der Waals surface area (Å²) < 4.78 is 39.0. The Labute approximate surface area is 157 Å². The number of pyridine rings is 1. The third-order valence-corrected chi connectivity index (χ3v) is 6.16. The zero-order valence-electron chi connectivity index (χ0n) is 14.2. The summed E-state index contributed by atoms with van der Waals surface area (Å²) >= 11 is 1.66. The highest BCUT2D eigenvalue weighted by atomic mass is 32.1. The van der Waals surface area contributed by atoms with Crippen molar-refractivity contribution in [3.8, 4) is 0 Å². The SMILES string of the molecule is FC(F)(F)c1ccc(CN2CC3CC(C2)N3c2ncnc3ccsc23)cn1. The van der Waals surface area contributed by atoms with Gasteiger partial charge in [0.1, 0.15) is 12.0 Å². The van der Waals surface area contributed by atoms with Crippen LogP contribution in [0.2, 0.25) is 0 Å². The van der Waals surface area contributed by atoms with Crippen LogP contribution in [0.1, 0.15) is 17.7 Å². The molecule has 9 heteroatoms. The molecule has 3 saturated heterocycles. The first-order chi connectivity index (χ1) is 13.0. The van der Waals surface area contributed by atoms with Crippen LogP contribution in [0.4, 0.5) is 19.0 Å². The van der Waals surface area contributed by atoms with Crippen molar-refractivity contribution in [2.75, 3.05) is 18.0 Å². The van der Waals surface area contributed by atoms with Crippen molar-refractivity contribution in [3.63, 3.8) is 0 Å². The number of anilines is 1. The Balaban J connectivity index is 1.29. The highest BCUT2D eigenvalue weighted by molar-refractivity contribution is 7.17. The Hall–Kier alpha value is -2.26. The molecule has 0 amide bonds. The summed E-state index contributed by atoms with van der Waals surface area (Å²) in [6.45, 7) is 2.35. The topological polar surface area (TPSA) is 45.2 Å². The second-order valence-corrected chi connectivity index (χ2v) is 7.94. The molecular weight excluding hydrogens is 375 g/mol. The van der Waals surface area contributed by atoms with E-state index in [0.717, 1.165) is 47.2 Å². The molecule has 5 nitrogen and oxygen atoms in total. The summed E-state index contributed by atoms with van der Waals surface area (Å²) in [6.07, 6.45) is -0.320. The summed E-state index contributed by atoms with van der Waals surface area (Å²) in [7, 11) is 0. The van der Waals surface area contributed by atoms with Crippen molar-refractivity contribution >= 4 is 27.4 Å². The van der Waals surface area contributed by atoms with E-state index in [0.29, 0.717) is 18.6 Å². The van der Waals surface area contributed by atoms with Crippen LogP contribution in [-0.4, -0.2) is 45.0 Å². The molecular formula is C18H16F3N5S. The van der Waals surface area contributed by atoms with E-state index in [1.54, 1.807) is 17.7 Å². The Morgan fingerprint density at radius 2 is 1.89 bits per heavy atom. The molecule has 3 aliphatic rings. The number of hydrogen-bond acceptors (Lipinski definition) is 6. The van der Waals surface area contributed by atoms with E-state index in [-0.39, 0.29) is 0 Å². The first-order valence-electron chi connectivity index (χ1n) is 8.70. The van der Waals surface area contributed by atoms with Crippen LogP contribution in [0, 0.1) is 0 Å². The summed E-state index contributed by atoms with van der Waals surface area (Å²) in [6, 6.07) is 5.34. The van der Waals surface area contributed by atoms with Crippen molar-refractivity contribution in [1.82, 2.24) is 19.9 Å². The molecule has 6 rings (SSSR count).